The fourth-order valence-corrected chi connectivity index (χ4v) is 3.29. The molecule has 0 spiro atoms. The van der Waals surface area contributed by atoms with Gasteiger partial charge in [-0.15, -0.1) is 5.10 Å². The number of hydrogen-bond donors (Lipinski definition) is 1. The van der Waals surface area contributed by atoms with Gasteiger partial charge in [-0.25, -0.2) is 9.67 Å². The summed E-state index contributed by atoms with van der Waals surface area (Å²) in [4.78, 5) is 19.4. The van der Waals surface area contributed by atoms with E-state index in [0.29, 0.717) is 11.4 Å². The van der Waals surface area contributed by atoms with Crippen LogP contribution >= 0.6 is 0 Å². The molecule has 24 heavy (non-hydrogen) atoms. The number of aromatic amines is 1. The second kappa shape index (κ2) is 5.70. The van der Waals surface area contributed by atoms with E-state index in [4.69, 9.17) is 0 Å². The minimum absolute atomic E-state index is 0.00490. The summed E-state index contributed by atoms with van der Waals surface area (Å²) in [5.74, 6) is 1.46. The summed E-state index contributed by atoms with van der Waals surface area (Å²) in [6, 6.07) is 5.45. The lowest BCUT2D eigenvalue weighted by Gasteiger charge is -2.34. The molecule has 1 aliphatic heterocycles. The lowest BCUT2D eigenvalue weighted by Crippen LogP contribution is -2.39. The van der Waals surface area contributed by atoms with Crippen molar-refractivity contribution in [3.63, 3.8) is 0 Å². The zero-order chi connectivity index (χ0) is 16.7. The Labute approximate surface area is 138 Å². The fraction of sp³-hybridized carbons (Fsp3) is 0.438. The van der Waals surface area contributed by atoms with Gasteiger partial charge in [-0.1, -0.05) is 5.21 Å². The standard InChI is InChI=1S/C16H19N7O/c1-10-17-15(20-18-10)14-5-3-4-8-23(14)16(24)11-6-7-13-12(9-11)19-21-22(13)2/h6-7,9,14H,3-5,8H2,1-2H3,(H,17,18,20). The van der Waals surface area contributed by atoms with E-state index in [9.17, 15) is 4.79 Å². The molecule has 1 amide bonds. The first-order valence-electron chi connectivity index (χ1n) is 8.13. The number of nitrogens with one attached hydrogen (secondary N) is 1. The zero-order valence-electron chi connectivity index (χ0n) is 13.7. The van der Waals surface area contributed by atoms with Crippen LogP contribution in [0.3, 0.4) is 0 Å². The second-order valence-electron chi connectivity index (χ2n) is 6.21. The van der Waals surface area contributed by atoms with Gasteiger partial charge in [0.05, 0.1) is 11.6 Å². The third-order valence-corrected chi connectivity index (χ3v) is 4.53. The molecule has 124 valence electrons. The van der Waals surface area contributed by atoms with Gasteiger partial charge in [0.2, 0.25) is 0 Å². The molecule has 1 N–H and O–H groups in total. The quantitative estimate of drug-likeness (QED) is 0.775. The minimum atomic E-state index is -0.0752. The first-order chi connectivity index (χ1) is 11.6. The van der Waals surface area contributed by atoms with E-state index in [-0.39, 0.29) is 11.9 Å². The molecular formula is C16H19N7O. The van der Waals surface area contributed by atoms with Gasteiger partial charge in [0.1, 0.15) is 11.3 Å². The van der Waals surface area contributed by atoms with Gasteiger partial charge in [0, 0.05) is 19.2 Å². The molecule has 4 rings (SSSR count). The first kappa shape index (κ1) is 14.8. The summed E-state index contributed by atoms with van der Waals surface area (Å²) in [5, 5.41) is 15.2. The summed E-state index contributed by atoms with van der Waals surface area (Å²) < 4.78 is 1.70. The number of amides is 1. The van der Waals surface area contributed by atoms with Gasteiger partial charge in [0.15, 0.2) is 5.82 Å². The van der Waals surface area contributed by atoms with E-state index in [0.717, 1.165) is 42.7 Å². The number of H-pyrrole nitrogens is 1. The Kier molecular flexibility index (Phi) is 3.51. The molecule has 0 saturated carbocycles. The number of fused-ring (bicyclic) bond motifs is 1. The van der Waals surface area contributed by atoms with E-state index >= 15 is 0 Å². The summed E-state index contributed by atoms with van der Waals surface area (Å²) in [7, 11) is 1.84. The third-order valence-electron chi connectivity index (χ3n) is 4.53. The number of carbonyl (C=O) groups is 1. The van der Waals surface area contributed by atoms with Crippen molar-refractivity contribution >= 4 is 16.9 Å². The first-order valence-corrected chi connectivity index (χ1v) is 8.13. The predicted molar refractivity (Wildman–Crippen MR) is 87.3 cm³/mol. The topological polar surface area (TPSA) is 92.6 Å². The summed E-state index contributed by atoms with van der Waals surface area (Å²) in [6.45, 7) is 2.59. The number of nitrogens with zero attached hydrogens (tertiary/aromatic N) is 6. The van der Waals surface area contributed by atoms with Crippen molar-refractivity contribution in [3.8, 4) is 0 Å². The number of piperidine rings is 1. The van der Waals surface area contributed by atoms with E-state index < -0.39 is 0 Å². The Morgan fingerprint density at radius 2 is 2.21 bits per heavy atom. The Bertz CT molecular complexity index is 897. The van der Waals surface area contributed by atoms with E-state index in [1.165, 1.54) is 0 Å². The molecule has 1 saturated heterocycles. The summed E-state index contributed by atoms with van der Waals surface area (Å²) in [5.41, 5.74) is 2.26. The van der Waals surface area contributed by atoms with E-state index in [1.807, 2.05) is 31.0 Å². The largest absolute Gasteiger partial charge is 0.328 e. The average molecular weight is 325 g/mol. The van der Waals surface area contributed by atoms with Crippen molar-refractivity contribution in [3.05, 3.63) is 35.4 Å². The SMILES string of the molecule is Cc1nc(C2CCCCN2C(=O)c2ccc3c(c2)nnn3C)n[nH]1. The smallest absolute Gasteiger partial charge is 0.254 e. The van der Waals surface area contributed by atoms with Crippen LogP contribution in [0.15, 0.2) is 18.2 Å². The van der Waals surface area contributed by atoms with Crippen LogP contribution in [0, 0.1) is 6.92 Å². The van der Waals surface area contributed by atoms with Crippen LogP contribution in [0.25, 0.3) is 11.0 Å². The lowest BCUT2D eigenvalue weighted by atomic mass is 10.00. The predicted octanol–water partition coefficient (Wildman–Crippen LogP) is 1.76. The lowest BCUT2D eigenvalue weighted by molar-refractivity contribution is 0.0600. The van der Waals surface area contributed by atoms with Crippen LogP contribution in [-0.2, 0) is 7.05 Å². The Morgan fingerprint density at radius 1 is 1.33 bits per heavy atom. The number of rotatable bonds is 2. The monoisotopic (exact) mass is 325 g/mol. The maximum atomic E-state index is 13.0. The summed E-state index contributed by atoms with van der Waals surface area (Å²) in [6.07, 6.45) is 2.96. The highest BCUT2D eigenvalue weighted by Crippen LogP contribution is 2.30. The zero-order valence-corrected chi connectivity index (χ0v) is 13.7. The Hall–Kier alpha value is -2.77. The fourth-order valence-electron chi connectivity index (χ4n) is 3.29. The van der Waals surface area contributed by atoms with Crippen molar-refractivity contribution in [2.45, 2.75) is 32.2 Å². The number of aromatic nitrogens is 6. The van der Waals surface area contributed by atoms with Crippen molar-refractivity contribution in [1.82, 2.24) is 35.1 Å². The van der Waals surface area contributed by atoms with Crippen LogP contribution in [0.5, 0.6) is 0 Å². The van der Waals surface area contributed by atoms with E-state index in [1.54, 1.807) is 10.7 Å². The molecule has 8 nitrogen and oxygen atoms in total. The normalized spacial score (nSPS) is 18.2. The molecule has 0 bridgehead atoms. The number of likely N-dealkylation sites (tertiary alicyclic amines) is 1. The van der Waals surface area contributed by atoms with Gasteiger partial charge in [-0.2, -0.15) is 5.10 Å². The molecule has 0 aliphatic carbocycles. The minimum Gasteiger partial charge on any atom is -0.328 e. The van der Waals surface area contributed by atoms with E-state index in [2.05, 4.69) is 25.5 Å². The maximum Gasteiger partial charge on any atom is 0.254 e. The highest BCUT2D eigenvalue weighted by atomic mass is 16.2. The molecule has 3 aromatic rings. The van der Waals surface area contributed by atoms with Gasteiger partial charge in [-0.3, -0.25) is 9.89 Å². The van der Waals surface area contributed by atoms with Gasteiger partial charge in [0.25, 0.3) is 5.91 Å². The number of benzene rings is 1. The molecule has 8 heteroatoms. The maximum absolute atomic E-state index is 13.0. The molecule has 1 unspecified atom stereocenters. The molecule has 2 aromatic heterocycles. The molecule has 1 atom stereocenters. The third kappa shape index (κ3) is 2.44. The molecule has 3 heterocycles. The highest BCUT2D eigenvalue weighted by Gasteiger charge is 2.31. The molecular weight excluding hydrogens is 306 g/mol. The number of carbonyl (C=O) groups excluding carboxylic acids is 1. The van der Waals surface area contributed by atoms with Crippen LogP contribution in [0.1, 0.15) is 47.3 Å². The Morgan fingerprint density at radius 3 is 3.00 bits per heavy atom. The van der Waals surface area contributed by atoms with Crippen LogP contribution < -0.4 is 0 Å². The highest BCUT2D eigenvalue weighted by molar-refractivity contribution is 5.97. The second-order valence-corrected chi connectivity index (χ2v) is 6.21. The molecule has 1 aromatic carbocycles. The van der Waals surface area contributed by atoms with Crippen LogP contribution in [-0.4, -0.2) is 47.5 Å². The average Bonchev–Trinajstić information content (AvgIpc) is 3.20. The summed E-state index contributed by atoms with van der Waals surface area (Å²) >= 11 is 0. The van der Waals surface area contributed by atoms with Gasteiger partial charge < -0.3 is 4.90 Å². The van der Waals surface area contributed by atoms with Gasteiger partial charge >= 0.3 is 0 Å². The molecule has 1 fully saturated rings. The molecule has 1 aliphatic rings. The van der Waals surface area contributed by atoms with Crippen LogP contribution in [0.4, 0.5) is 0 Å². The van der Waals surface area contributed by atoms with Crippen molar-refractivity contribution < 1.29 is 4.79 Å². The van der Waals surface area contributed by atoms with Gasteiger partial charge in [-0.05, 0) is 44.4 Å². The van der Waals surface area contributed by atoms with Crippen molar-refractivity contribution in [1.29, 1.82) is 0 Å². The van der Waals surface area contributed by atoms with Crippen LogP contribution in [0.2, 0.25) is 0 Å². The van der Waals surface area contributed by atoms with Crippen molar-refractivity contribution in [2.24, 2.45) is 7.05 Å². The number of hydrogen-bond acceptors (Lipinski definition) is 5. The van der Waals surface area contributed by atoms with Crippen molar-refractivity contribution in [2.75, 3.05) is 6.54 Å². The molecule has 0 radical (unpaired) electrons. The number of aryl methyl sites for hydroxylation is 2. The Balaban J connectivity index is 1.67.